The van der Waals surface area contributed by atoms with Crippen molar-refractivity contribution in [2.75, 3.05) is 0 Å². The monoisotopic (exact) mass is 256 g/mol. The second-order valence-electron chi connectivity index (χ2n) is 4.29. The molecule has 0 spiro atoms. The van der Waals surface area contributed by atoms with Crippen LogP contribution in [0, 0.1) is 0 Å². The van der Waals surface area contributed by atoms with Gasteiger partial charge in [0, 0.05) is 24.4 Å². The van der Waals surface area contributed by atoms with Gasteiger partial charge in [0.25, 0.3) is 5.91 Å². The average molecular weight is 256 g/mol. The van der Waals surface area contributed by atoms with Gasteiger partial charge in [-0.2, -0.15) is 0 Å². The van der Waals surface area contributed by atoms with E-state index < -0.39 is 0 Å². The molecule has 1 aromatic heterocycles. The molecule has 1 heterocycles. The number of amides is 1. The van der Waals surface area contributed by atoms with Gasteiger partial charge in [-0.15, -0.1) is 0 Å². The predicted molar refractivity (Wildman–Crippen MR) is 74.1 cm³/mol. The Morgan fingerprint density at radius 2 is 1.79 bits per heavy atom. The quantitative estimate of drug-likeness (QED) is 0.877. The van der Waals surface area contributed by atoms with Crippen LogP contribution >= 0.6 is 0 Å². The number of hydrogen-bond acceptors (Lipinski definition) is 2. The van der Waals surface area contributed by atoms with Crippen LogP contribution in [0.5, 0.6) is 0 Å². The summed E-state index contributed by atoms with van der Waals surface area (Å²) in [6.45, 7) is 2.47. The Labute approximate surface area is 111 Å². The van der Waals surface area contributed by atoms with Gasteiger partial charge >= 0.3 is 0 Å². The second-order valence-corrected chi connectivity index (χ2v) is 4.29. The van der Waals surface area contributed by atoms with E-state index in [9.17, 15) is 9.59 Å². The third-order valence-corrected chi connectivity index (χ3v) is 2.93. The highest BCUT2D eigenvalue weighted by atomic mass is 16.1. The number of pyridine rings is 1. The summed E-state index contributed by atoms with van der Waals surface area (Å²) in [5.74, 6) is -0.117. The third-order valence-electron chi connectivity index (χ3n) is 2.93. The predicted octanol–water partition coefficient (Wildman–Crippen LogP) is 1.87. The first-order valence-corrected chi connectivity index (χ1v) is 6.24. The smallest absolute Gasteiger partial charge is 0.251 e. The van der Waals surface area contributed by atoms with Crippen molar-refractivity contribution in [3.8, 4) is 0 Å². The lowest BCUT2D eigenvalue weighted by Gasteiger charge is -2.05. The molecule has 98 valence electrons. The molecular formula is C15H16N2O2. The van der Waals surface area contributed by atoms with Crippen molar-refractivity contribution < 1.29 is 4.79 Å². The van der Waals surface area contributed by atoms with Gasteiger partial charge in [0.15, 0.2) is 0 Å². The number of rotatable bonds is 4. The molecule has 0 atom stereocenters. The topological polar surface area (TPSA) is 62.0 Å². The number of aryl methyl sites for hydroxylation is 1. The van der Waals surface area contributed by atoms with E-state index >= 15 is 0 Å². The van der Waals surface area contributed by atoms with E-state index in [0.717, 1.165) is 12.0 Å². The van der Waals surface area contributed by atoms with Crippen LogP contribution in [0.2, 0.25) is 0 Å². The number of hydrogen-bond donors (Lipinski definition) is 2. The Bertz CT molecular complexity index is 594. The molecule has 19 heavy (non-hydrogen) atoms. The fraction of sp³-hybridized carbons (Fsp3) is 0.200. The van der Waals surface area contributed by atoms with Crippen molar-refractivity contribution in [3.05, 3.63) is 69.6 Å². The lowest BCUT2D eigenvalue weighted by Crippen LogP contribution is -2.23. The summed E-state index contributed by atoms with van der Waals surface area (Å²) >= 11 is 0. The van der Waals surface area contributed by atoms with Gasteiger partial charge in [-0.1, -0.05) is 25.1 Å². The molecule has 0 radical (unpaired) electrons. The van der Waals surface area contributed by atoms with E-state index in [-0.39, 0.29) is 11.5 Å². The molecule has 0 aliphatic heterocycles. The largest absolute Gasteiger partial charge is 0.348 e. The first kappa shape index (κ1) is 13.1. The summed E-state index contributed by atoms with van der Waals surface area (Å²) in [5.41, 5.74) is 2.56. The van der Waals surface area contributed by atoms with E-state index in [1.54, 1.807) is 12.3 Å². The maximum absolute atomic E-state index is 11.9. The van der Waals surface area contributed by atoms with Gasteiger partial charge in [-0.25, -0.2) is 0 Å². The van der Waals surface area contributed by atoms with Gasteiger partial charge < -0.3 is 10.3 Å². The first-order chi connectivity index (χ1) is 9.19. The zero-order chi connectivity index (χ0) is 13.7. The van der Waals surface area contributed by atoms with Crippen LogP contribution in [-0.2, 0) is 13.0 Å². The highest BCUT2D eigenvalue weighted by Crippen LogP contribution is 2.05. The van der Waals surface area contributed by atoms with Crippen LogP contribution in [-0.4, -0.2) is 10.9 Å². The summed E-state index contributed by atoms with van der Waals surface area (Å²) in [7, 11) is 0. The van der Waals surface area contributed by atoms with E-state index in [4.69, 9.17) is 0 Å². The Hall–Kier alpha value is -2.36. The number of aromatic amines is 1. The lowest BCUT2D eigenvalue weighted by molar-refractivity contribution is 0.0951. The summed E-state index contributed by atoms with van der Waals surface area (Å²) in [4.78, 5) is 25.4. The molecule has 2 rings (SSSR count). The Balaban J connectivity index is 1.96. The second kappa shape index (κ2) is 6.00. The normalized spacial score (nSPS) is 10.2. The highest BCUT2D eigenvalue weighted by Gasteiger charge is 2.04. The number of nitrogens with one attached hydrogen (secondary N) is 2. The maximum Gasteiger partial charge on any atom is 0.251 e. The van der Waals surface area contributed by atoms with Gasteiger partial charge in [-0.05, 0) is 29.7 Å². The Morgan fingerprint density at radius 1 is 1.11 bits per heavy atom. The molecule has 0 aliphatic carbocycles. The molecule has 0 saturated carbocycles. The number of aromatic nitrogens is 1. The van der Waals surface area contributed by atoms with Crippen molar-refractivity contribution in [3.63, 3.8) is 0 Å². The number of carbonyl (C=O) groups is 1. The van der Waals surface area contributed by atoms with Crippen LogP contribution in [0.1, 0.15) is 28.4 Å². The SMILES string of the molecule is CCc1ccc(C(=O)NCc2ccc(=O)[nH]c2)cc1. The van der Waals surface area contributed by atoms with E-state index in [0.29, 0.717) is 12.1 Å². The van der Waals surface area contributed by atoms with Crippen molar-refractivity contribution >= 4 is 5.91 Å². The van der Waals surface area contributed by atoms with E-state index in [1.807, 2.05) is 24.3 Å². The molecule has 2 aromatic rings. The summed E-state index contributed by atoms with van der Waals surface area (Å²) in [6.07, 6.45) is 2.56. The third kappa shape index (κ3) is 3.55. The average Bonchev–Trinajstić information content (AvgIpc) is 2.46. The van der Waals surface area contributed by atoms with E-state index in [1.165, 1.54) is 11.6 Å². The van der Waals surface area contributed by atoms with Gasteiger partial charge in [0.1, 0.15) is 0 Å². The maximum atomic E-state index is 11.9. The van der Waals surface area contributed by atoms with Crippen molar-refractivity contribution in [1.82, 2.24) is 10.3 Å². The standard InChI is InChI=1S/C15H16N2O2/c1-2-11-3-6-13(7-4-11)15(19)17-10-12-5-8-14(18)16-9-12/h3-9H,2,10H2,1H3,(H,16,18)(H,17,19). The molecule has 2 N–H and O–H groups in total. The fourth-order valence-corrected chi connectivity index (χ4v) is 1.73. The summed E-state index contributed by atoms with van der Waals surface area (Å²) in [6, 6.07) is 10.7. The van der Waals surface area contributed by atoms with Gasteiger partial charge in [0.2, 0.25) is 5.56 Å². The first-order valence-electron chi connectivity index (χ1n) is 6.24. The number of H-pyrrole nitrogens is 1. The van der Waals surface area contributed by atoms with Gasteiger partial charge in [-0.3, -0.25) is 9.59 Å². The molecule has 0 unspecified atom stereocenters. The number of benzene rings is 1. The minimum absolute atomic E-state index is 0.117. The van der Waals surface area contributed by atoms with Crippen LogP contribution in [0.25, 0.3) is 0 Å². The lowest BCUT2D eigenvalue weighted by atomic mass is 10.1. The molecule has 0 aliphatic rings. The molecule has 0 fully saturated rings. The molecule has 4 nitrogen and oxygen atoms in total. The molecular weight excluding hydrogens is 240 g/mol. The zero-order valence-corrected chi connectivity index (χ0v) is 10.8. The number of carbonyl (C=O) groups excluding carboxylic acids is 1. The molecule has 0 bridgehead atoms. The zero-order valence-electron chi connectivity index (χ0n) is 10.8. The van der Waals surface area contributed by atoms with E-state index in [2.05, 4.69) is 17.2 Å². The molecule has 0 saturated heterocycles. The molecule has 1 aromatic carbocycles. The van der Waals surface area contributed by atoms with Crippen LogP contribution < -0.4 is 10.9 Å². The Morgan fingerprint density at radius 3 is 2.37 bits per heavy atom. The van der Waals surface area contributed by atoms with Crippen molar-refractivity contribution in [2.45, 2.75) is 19.9 Å². The van der Waals surface area contributed by atoms with Crippen LogP contribution in [0.3, 0.4) is 0 Å². The molecule has 1 amide bonds. The summed E-state index contributed by atoms with van der Waals surface area (Å²) < 4.78 is 0. The van der Waals surface area contributed by atoms with Crippen molar-refractivity contribution in [1.29, 1.82) is 0 Å². The fourth-order valence-electron chi connectivity index (χ4n) is 1.73. The Kier molecular flexibility index (Phi) is 4.13. The minimum Gasteiger partial charge on any atom is -0.348 e. The van der Waals surface area contributed by atoms with Crippen molar-refractivity contribution in [2.24, 2.45) is 0 Å². The van der Waals surface area contributed by atoms with Gasteiger partial charge in [0.05, 0.1) is 0 Å². The van der Waals surface area contributed by atoms with Crippen LogP contribution in [0.15, 0.2) is 47.4 Å². The molecule has 4 heteroatoms. The minimum atomic E-state index is -0.148. The highest BCUT2D eigenvalue weighted by molar-refractivity contribution is 5.94. The summed E-state index contributed by atoms with van der Waals surface area (Å²) in [5, 5.41) is 2.81. The van der Waals surface area contributed by atoms with Crippen LogP contribution in [0.4, 0.5) is 0 Å².